The number of aliphatic hydroxyl groups excluding tert-OH is 1. The van der Waals surface area contributed by atoms with Crippen LogP contribution in [0.1, 0.15) is 10.4 Å². The maximum absolute atomic E-state index is 11.7. The fourth-order valence-corrected chi connectivity index (χ4v) is 1.65. The Balaban J connectivity index is 1.98. The highest BCUT2D eigenvalue weighted by Gasteiger charge is 2.26. The minimum Gasteiger partial charge on any atom is -0.390 e. The largest absolute Gasteiger partial charge is 0.390 e. The molecule has 0 spiro atoms. The van der Waals surface area contributed by atoms with Crippen molar-refractivity contribution in [1.82, 2.24) is 10.6 Å². The number of carbonyl (C=O) groups excluding carboxylic acids is 1. The highest BCUT2D eigenvalue weighted by molar-refractivity contribution is 5.94. The van der Waals surface area contributed by atoms with Gasteiger partial charge < -0.3 is 15.7 Å². The van der Waals surface area contributed by atoms with E-state index >= 15 is 0 Å². The fourth-order valence-electron chi connectivity index (χ4n) is 1.65. The van der Waals surface area contributed by atoms with E-state index in [2.05, 4.69) is 10.6 Å². The molecule has 0 aromatic heterocycles. The molecule has 0 unspecified atom stereocenters. The summed E-state index contributed by atoms with van der Waals surface area (Å²) in [5.74, 6) is -0.136. The van der Waals surface area contributed by atoms with Crippen LogP contribution in [0, 0.1) is 0 Å². The second-order valence-corrected chi connectivity index (χ2v) is 3.67. The van der Waals surface area contributed by atoms with Crippen LogP contribution in [0.25, 0.3) is 0 Å². The Labute approximate surface area is 88.3 Å². The van der Waals surface area contributed by atoms with Gasteiger partial charge in [-0.05, 0) is 12.1 Å². The van der Waals surface area contributed by atoms with Crippen LogP contribution < -0.4 is 10.6 Å². The van der Waals surface area contributed by atoms with Gasteiger partial charge in [-0.3, -0.25) is 4.79 Å². The lowest BCUT2D eigenvalue weighted by Gasteiger charge is -2.15. The molecule has 2 atom stereocenters. The van der Waals surface area contributed by atoms with Gasteiger partial charge >= 0.3 is 0 Å². The molecule has 1 heterocycles. The number of benzene rings is 1. The molecule has 4 nitrogen and oxygen atoms in total. The lowest BCUT2D eigenvalue weighted by molar-refractivity contribution is 0.0888. The zero-order valence-electron chi connectivity index (χ0n) is 8.31. The summed E-state index contributed by atoms with van der Waals surface area (Å²) in [6.07, 6.45) is -0.488. The molecule has 1 fully saturated rings. The molecule has 0 saturated carbocycles. The van der Waals surface area contributed by atoms with Crippen molar-refractivity contribution in [3.63, 3.8) is 0 Å². The van der Waals surface area contributed by atoms with E-state index in [0.29, 0.717) is 18.7 Å². The number of amides is 1. The van der Waals surface area contributed by atoms with Crippen LogP contribution in [0.5, 0.6) is 0 Å². The molecule has 80 valence electrons. The number of rotatable bonds is 2. The number of β-amino-alcohol motifs (C(OH)–C–C–N with tert-alkyl or cyclic N) is 1. The van der Waals surface area contributed by atoms with Crippen molar-refractivity contribution in [3.8, 4) is 0 Å². The van der Waals surface area contributed by atoms with Crippen molar-refractivity contribution in [2.75, 3.05) is 13.1 Å². The molecule has 1 aliphatic rings. The van der Waals surface area contributed by atoms with Crippen LogP contribution >= 0.6 is 0 Å². The molecule has 15 heavy (non-hydrogen) atoms. The van der Waals surface area contributed by atoms with Gasteiger partial charge in [0.05, 0.1) is 12.1 Å². The second kappa shape index (κ2) is 4.42. The number of hydrogen-bond donors (Lipinski definition) is 3. The quantitative estimate of drug-likeness (QED) is 0.625. The normalized spacial score (nSPS) is 25.1. The van der Waals surface area contributed by atoms with Crippen molar-refractivity contribution in [1.29, 1.82) is 0 Å². The van der Waals surface area contributed by atoms with Gasteiger partial charge in [0.2, 0.25) is 0 Å². The van der Waals surface area contributed by atoms with E-state index in [-0.39, 0.29) is 11.9 Å². The van der Waals surface area contributed by atoms with Crippen molar-refractivity contribution >= 4 is 5.91 Å². The second-order valence-electron chi connectivity index (χ2n) is 3.67. The van der Waals surface area contributed by atoms with Gasteiger partial charge in [-0.25, -0.2) is 0 Å². The van der Waals surface area contributed by atoms with E-state index in [1.165, 1.54) is 0 Å². The molecular weight excluding hydrogens is 192 g/mol. The predicted octanol–water partition coefficient (Wildman–Crippen LogP) is -0.251. The van der Waals surface area contributed by atoms with Gasteiger partial charge in [0.1, 0.15) is 0 Å². The maximum Gasteiger partial charge on any atom is 0.251 e. The summed E-state index contributed by atoms with van der Waals surface area (Å²) in [5.41, 5.74) is 0.622. The fraction of sp³-hybridized carbons (Fsp3) is 0.364. The van der Waals surface area contributed by atoms with Crippen LogP contribution in [0.4, 0.5) is 0 Å². The third-order valence-electron chi connectivity index (χ3n) is 2.53. The molecule has 4 heteroatoms. The molecule has 1 saturated heterocycles. The summed E-state index contributed by atoms with van der Waals surface area (Å²) < 4.78 is 0. The number of hydrogen-bond acceptors (Lipinski definition) is 3. The van der Waals surface area contributed by atoms with Gasteiger partial charge in [-0.15, -0.1) is 0 Å². The molecule has 0 radical (unpaired) electrons. The van der Waals surface area contributed by atoms with Gasteiger partial charge in [-0.2, -0.15) is 0 Å². The zero-order valence-corrected chi connectivity index (χ0v) is 8.31. The van der Waals surface area contributed by atoms with Gasteiger partial charge in [0, 0.05) is 18.7 Å². The van der Waals surface area contributed by atoms with Gasteiger partial charge in [0.25, 0.3) is 5.91 Å². The first-order valence-corrected chi connectivity index (χ1v) is 5.02. The Bertz CT molecular complexity index is 340. The Morgan fingerprint density at radius 2 is 2.07 bits per heavy atom. The highest BCUT2D eigenvalue weighted by Crippen LogP contribution is 2.03. The van der Waals surface area contributed by atoms with Gasteiger partial charge in [-0.1, -0.05) is 18.2 Å². The Hall–Kier alpha value is -1.39. The standard InChI is InChI=1S/C11H14N2O2/c14-10-7-12-6-9(10)13-11(15)8-4-2-1-3-5-8/h1-5,9-10,12,14H,6-7H2,(H,13,15)/t9-,10+/m0/s1. The Morgan fingerprint density at radius 3 is 2.67 bits per heavy atom. The minimum atomic E-state index is -0.488. The molecule has 0 aliphatic carbocycles. The zero-order chi connectivity index (χ0) is 10.7. The molecule has 1 aromatic rings. The monoisotopic (exact) mass is 206 g/mol. The van der Waals surface area contributed by atoms with E-state index in [1.807, 2.05) is 18.2 Å². The van der Waals surface area contributed by atoms with Crippen LogP contribution in [0.2, 0.25) is 0 Å². The summed E-state index contributed by atoms with van der Waals surface area (Å²) in [6, 6.07) is 8.82. The van der Waals surface area contributed by atoms with Crippen LogP contribution in [0.15, 0.2) is 30.3 Å². The molecule has 1 aliphatic heterocycles. The summed E-state index contributed by atoms with van der Waals surface area (Å²) in [5, 5.41) is 15.3. The first kappa shape index (κ1) is 10.1. The SMILES string of the molecule is O=C(N[C@H]1CNC[C@H]1O)c1ccccc1. The van der Waals surface area contributed by atoms with E-state index in [0.717, 1.165) is 0 Å². The summed E-state index contributed by atoms with van der Waals surface area (Å²) in [7, 11) is 0. The summed E-state index contributed by atoms with van der Waals surface area (Å²) in [4.78, 5) is 11.7. The van der Waals surface area contributed by atoms with Gasteiger partial charge in [0.15, 0.2) is 0 Å². The smallest absolute Gasteiger partial charge is 0.251 e. The van der Waals surface area contributed by atoms with Crippen LogP contribution in [-0.2, 0) is 0 Å². The van der Waals surface area contributed by atoms with Crippen LogP contribution in [-0.4, -0.2) is 36.2 Å². The molecule has 0 bridgehead atoms. The molecule has 3 N–H and O–H groups in total. The predicted molar refractivity (Wildman–Crippen MR) is 56.6 cm³/mol. The number of carbonyl (C=O) groups is 1. The van der Waals surface area contributed by atoms with Crippen molar-refractivity contribution in [2.24, 2.45) is 0 Å². The average molecular weight is 206 g/mol. The van der Waals surface area contributed by atoms with E-state index < -0.39 is 6.10 Å². The highest BCUT2D eigenvalue weighted by atomic mass is 16.3. The third-order valence-corrected chi connectivity index (χ3v) is 2.53. The lowest BCUT2D eigenvalue weighted by atomic mass is 10.1. The third kappa shape index (κ3) is 2.34. The molecule has 2 rings (SSSR count). The molecule has 1 amide bonds. The van der Waals surface area contributed by atoms with E-state index in [1.54, 1.807) is 12.1 Å². The minimum absolute atomic E-state index is 0.136. The van der Waals surface area contributed by atoms with Crippen molar-refractivity contribution in [2.45, 2.75) is 12.1 Å². The topological polar surface area (TPSA) is 61.4 Å². The van der Waals surface area contributed by atoms with Crippen LogP contribution in [0.3, 0.4) is 0 Å². The first-order valence-electron chi connectivity index (χ1n) is 5.02. The first-order chi connectivity index (χ1) is 7.27. The lowest BCUT2D eigenvalue weighted by Crippen LogP contribution is -2.42. The van der Waals surface area contributed by atoms with Crippen molar-refractivity contribution in [3.05, 3.63) is 35.9 Å². The Kier molecular flexibility index (Phi) is 2.99. The average Bonchev–Trinajstić information content (AvgIpc) is 2.66. The summed E-state index contributed by atoms with van der Waals surface area (Å²) >= 11 is 0. The summed E-state index contributed by atoms with van der Waals surface area (Å²) in [6.45, 7) is 1.17. The van der Waals surface area contributed by atoms with E-state index in [4.69, 9.17) is 0 Å². The van der Waals surface area contributed by atoms with Crippen molar-refractivity contribution < 1.29 is 9.90 Å². The molecular formula is C11H14N2O2. The molecule has 1 aromatic carbocycles. The number of aliphatic hydroxyl groups is 1. The number of nitrogens with one attached hydrogen (secondary N) is 2. The van der Waals surface area contributed by atoms with E-state index in [9.17, 15) is 9.90 Å². The Morgan fingerprint density at radius 1 is 1.33 bits per heavy atom. The maximum atomic E-state index is 11.7.